The van der Waals surface area contributed by atoms with Gasteiger partial charge in [-0.15, -0.1) is 0 Å². The van der Waals surface area contributed by atoms with Crippen LogP contribution in [0, 0.1) is 34.0 Å². The maximum Gasteiger partial charge on any atom is 0.471 e. The molecule has 0 spiro atoms. The van der Waals surface area contributed by atoms with Crippen LogP contribution in [0.4, 0.5) is 18.9 Å². The molecule has 3 N–H and O–H groups in total. The summed E-state index contributed by atoms with van der Waals surface area (Å²) in [5.74, 6) is -4.54. The minimum absolute atomic E-state index is 0.0506. The fourth-order valence-electron chi connectivity index (χ4n) is 6.16. The lowest BCUT2D eigenvalue weighted by Gasteiger charge is -2.37. The number of fused-ring (bicyclic) bond motifs is 2. The number of nitriles is 1. The molecule has 12 heteroatoms. The van der Waals surface area contributed by atoms with Crippen LogP contribution in [0.3, 0.4) is 0 Å². The van der Waals surface area contributed by atoms with Crippen LogP contribution in [0.5, 0.6) is 0 Å². The summed E-state index contributed by atoms with van der Waals surface area (Å²) in [5.41, 5.74) is 0.177. The SMILES string of the molecule is CC(C)(C)[C@H](NC(=O)C(F)(F)F)C(=O)N1C[C@H]2[C@@H](C1C(=O)NC(C#N)CCC1C(=O)Nc3ccccc31)C2(C)C. The first-order chi connectivity index (χ1) is 18.5. The highest BCUT2D eigenvalue weighted by atomic mass is 19.4. The molecular formula is C28H34F3N5O4. The van der Waals surface area contributed by atoms with Crippen molar-refractivity contribution in [1.82, 2.24) is 15.5 Å². The van der Waals surface area contributed by atoms with Crippen LogP contribution in [0.15, 0.2) is 24.3 Å². The summed E-state index contributed by atoms with van der Waals surface area (Å²) in [4.78, 5) is 52.6. The number of anilines is 1. The Kier molecular flexibility index (Phi) is 7.41. The number of benzene rings is 1. The molecule has 216 valence electrons. The molecule has 2 heterocycles. The van der Waals surface area contributed by atoms with Crippen LogP contribution in [-0.2, 0) is 19.2 Å². The van der Waals surface area contributed by atoms with Crippen LogP contribution in [-0.4, -0.2) is 59.4 Å². The quantitative estimate of drug-likeness (QED) is 0.471. The molecule has 9 nitrogen and oxygen atoms in total. The van der Waals surface area contributed by atoms with Gasteiger partial charge in [0.05, 0.1) is 12.0 Å². The van der Waals surface area contributed by atoms with E-state index in [0.29, 0.717) is 12.1 Å². The normalized spacial score (nSPS) is 26.1. The topological polar surface area (TPSA) is 131 Å². The van der Waals surface area contributed by atoms with Gasteiger partial charge in [-0.3, -0.25) is 19.2 Å². The molecule has 3 unspecified atom stereocenters. The molecule has 0 bridgehead atoms. The molecule has 2 fully saturated rings. The summed E-state index contributed by atoms with van der Waals surface area (Å²) < 4.78 is 39.1. The Hall–Kier alpha value is -3.62. The molecule has 1 aromatic rings. The predicted octanol–water partition coefficient (Wildman–Crippen LogP) is 3.09. The Morgan fingerprint density at radius 2 is 1.82 bits per heavy atom. The minimum Gasteiger partial charge on any atom is -0.339 e. The Morgan fingerprint density at radius 1 is 1.18 bits per heavy atom. The lowest BCUT2D eigenvalue weighted by atomic mass is 9.85. The maximum absolute atomic E-state index is 13.6. The van der Waals surface area contributed by atoms with Crippen LogP contribution in [0.2, 0.25) is 0 Å². The van der Waals surface area contributed by atoms with Gasteiger partial charge in [0.2, 0.25) is 17.7 Å². The van der Waals surface area contributed by atoms with Gasteiger partial charge in [0.15, 0.2) is 0 Å². The van der Waals surface area contributed by atoms with Crippen molar-refractivity contribution in [2.24, 2.45) is 22.7 Å². The number of hydrogen-bond donors (Lipinski definition) is 3. The third kappa shape index (κ3) is 5.38. The average molecular weight is 562 g/mol. The summed E-state index contributed by atoms with van der Waals surface area (Å²) in [6.45, 7) is 8.66. The van der Waals surface area contributed by atoms with Crippen molar-refractivity contribution in [3.63, 3.8) is 0 Å². The van der Waals surface area contributed by atoms with Gasteiger partial charge in [-0.05, 0) is 47.1 Å². The number of carbonyl (C=O) groups is 4. The number of nitrogens with zero attached hydrogens (tertiary/aromatic N) is 2. The first kappa shape index (κ1) is 29.4. The number of hydrogen-bond acceptors (Lipinski definition) is 5. The molecule has 4 amide bonds. The Bertz CT molecular complexity index is 1270. The van der Waals surface area contributed by atoms with E-state index in [2.05, 4.69) is 16.7 Å². The largest absolute Gasteiger partial charge is 0.471 e. The van der Waals surface area contributed by atoms with Crippen molar-refractivity contribution in [2.75, 3.05) is 11.9 Å². The zero-order valence-corrected chi connectivity index (χ0v) is 23.1. The fraction of sp³-hybridized carbons (Fsp3) is 0.607. The first-order valence-electron chi connectivity index (χ1n) is 13.3. The van der Waals surface area contributed by atoms with Crippen molar-refractivity contribution in [2.45, 2.75) is 77.7 Å². The third-order valence-electron chi connectivity index (χ3n) is 8.53. The zero-order chi connectivity index (χ0) is 29.8. The summed E-state index contributed by atoms with van der Waals surface area (Å²) in [6.07, 6.45) is -4.69. The highest BCUT2D eigenvalue weighted by Crippen LogP contribution is 2.65. The first-order valence-corrected chi connectivity index (χ1v) is 13.3. The molecule has 1 saturated carbocycles. The van der Waals surface area contributed by atoms with E-state index >= 15 is 0 Å². The van der Waals surface area contributed by atoms with E-state index < -0.39 is 53.4 Å². The van der Waals surface area contributed by atoms with Gasteiger partial charge in [-0.25, -0.2) is 0 Å². The molecule has 4 rings (SSSR count). The number of carbonyl (C=O) groups excluding carboxylic acids is 4. The van der Waals surface area contributed by atoms with Crippen molar-refractivity contribution < 1.29 is 32.3 Å². The van der Waals surface area contributed by atoms with Gasteiger partial charge >= 0.3 is 12.1 Å². The van der Waals surface area contributed by atoms with Gasteiger partial charge in [0.1, 0.15) is 18.1 Å². The van der Waals surface area contributed by atoms with Gasteiger partial charge in [0, 0.05) is 12.2 Å². The summed E-state index contributed by atoms with van der Waals surface area (Å²) in [7, 11) is 0. The fourth-order valence-corrected chi connectivity index (χ4v) is 6.16. The van der Waals surface area contributed by atoms with Crippen molar-refractivity contribution in [3.8, 4) is 6.07 Å². The van der Waals surface area contributed by atoms with Gasteiger partial charge in [-0.1, -0.05) is 52.8 Å². The van der Waals surface area contributed by atoms with Crippen molar-refractivity contribution >= 4 is 29.3 Å². The van der Waals surface area contributed by atoms with E-state index in [1.807, 2.05) is 31.3 Å². The molecule has 0 aromatic heterocycles. The van der Waals surface area contributed by atoms with Crippen LogP contribution >= 0.6 is 0 Å². The number of piperidine rings is 1. The Balaban J connectivity index is 1.49. The molecule has 3 aliphatic rings. The van der Waals surface area contributed by atoms with Gasteiger partial charge in [0.25, 0.3) is 0 Å². The van der Waals surface area contributed by atoms with E-state index in [1.54, 1.807) is 12.1 Å². The van der Waals surface area contributed by atoms with Gasteiger partial charge < -0.3 is 20.9 Å². The lowest BCUT2D eigenvalue weighted by molar-refractivity contribution is -0.176. The van der Waals surface area contributed by atoms with Crippen LogP contribution < -0.4 is 16.0 Å². The number of para-hydroxylation sites is 1. The van der Waals surface area contributed by atoms with E-state index in [0.717, 1.165) is 5.56 Å². The number of likely N-dealkylation sites (tertiary alicyclic amines) is 1. The second-order valence-electron chi connectivity index (χ2n) is 12.6. The molecule has 1 saturated heterocycles. The predicted molar refractivity (Wildman–Crippen MR) is 138 cm³/mol. The monoisotopic (exact) mass is 561 g/mol. The lowest BCUT2D eigenvalue weighted by Crippen LogP contribution is -2.61. The molecule has 0 radical (unpaired) electrons. The summed E-state index contributed by atoms with van der Waals surface area (Å²) >= 11 is 0. The number of rotatable bonds is 7. The number of nitrogens with one attached hydrogen (secondary N) is 3. The average Bonchev–Trinajstić information content (AvgIpc) is 3.17. The van der Waals surface area contributed by atoms with Gasteiger partial charge in [-0.2, -0.15) is 18.4 Å². The zero-order valence-electron chi connectivity index (χ0n) is 23.1. The van der Waals surface area contributed by atoms with Crippen LogP contribution in [0.25, 0.3) is 0 Å². The second kappa shape index (κ2) is 10.1. The number of alkyl halides is 3. The highest BCUT2D eigenvalue weighted by Gasteiger charge is 2.70. The number of halogens is 3. The van der Waals surface area contributed by atoms with E-state index in [4.69, 9.17) is 0 Å². The summed E-state index contributed by atoms with van der Waals surface area (Å²) in [6, 6.07) is 5.82. The molecular weight excluding hydrogens is 527 g/mol. The Morgan fingerprint density at radius 3 is 2.42 bits per heavy atom. The minimum atomic E-state index is -5.17. The van der Waals surface area contributed by atoms with E-state index in [9.17, 15) is 37.6 Å². The standard InChI is InChI=1S/C28H34F3N5O4/c1-26(2,3)21(35-25(40)28(29,30)31)24(39)36-13-17-19(27(17,4)5)20(36)23(38)33-14(12-32)10-11-16-15-8-6-7-9-18(15)34-22(16)37/h6-9,14,16-17,19-21H,10-11,13H2,1-5H3,(H,33,38)(H,34,37)(H,35,40)/t14?,16?,17-,19-,20?,21+/m0/s1. The third-order valence-corrected chi connectivity index (χ3v) is 8.53. The smallest absolute Gasteiger partial charge is 0.339 e. The molecule has 40 heavy (non-hydrogen) atoms. The Labute approximate surface area is 230 Å². The molecule has 2 aliphatic heterocycles. The number of amides is 4. The van der Waals surface area contributed by atoms with Crippen LogP contribution in [0.1, 0.15) is 58.9 Å². The molecule has 1 aromatic carbocycles. The maximum atomic E-state index is 13.6. The van der Waals surface area contributed by atoms with Crippen molar-refractivity contribution in [3.05, 3.63) is 29.8 Å². The van der Waals surface area contributed by atoms with E-state index in [-0.39, 0.29) is 36.1 Å². The van der Waals surface area contributed by atoms with Crippen molar-refractivity contribution in [1.29, 1.82) is 5.26 Å². The second-order valence-corrected chi connectivity index (χ2v) is 12.6. The summed E-state index contributed by atoms with van der Waals surface area (Å²) in [5, 5.41) is 17.1. The van der Waals surface area contributed by atoms with E-state index in [1.165, 1.54) is 25.7 Å². The molecule has 6 atom stereocenters. The molecule has 1 aliphatic carbocycles. The highest BCUT2D eigenvalue weighted by molar-refractivity contribution is 6.02.